The van der Waals surface area contributed by atoms with Gasteiger partial charge < -0.3 is 10.6 Å². The molecule has 12 heavy (non-hydrogen) atoms. The van der Waals surface area contributed by atoms with Crippen LogP contribution in [0.25, 0.3) is 6.08 Å². The fourth-order valence-electron chi connectivity index (χ4n) is 0.838. The molecule has 2 nitrogen and oxygen atoms in total. The number of nitrogens with two attached hydrogens (primary N) is 1. The topological polar surface area (TPSA) is 29.3 Å². The molecule has 0 bridgehead atoms. The molecule has 0 aliphatic rings. The molecule has 1 aromatic rings. The molecular formula is C10H14N2. The van der Waals surface area contributed by atoms with Crippen molar-refractivity contribution in [1.29, 1.82) is 0 Å². The van der Waals surface area contributed by atoms with E-state index in [4.69, 9.17) is 5.73 Å². The van der Waals surface area contributed by atoms with Gasteiger partial charge in [-0.2, -0.15) is 0 Å². The molecule has 0 unspecified atom stereocenters. The van der Waals surface area contributed by atoms with Crippen LogP contribution in [0.3, 0.4) is 0 Å². The van der Waals surface area contributed by atoms with E-state index < -0.39 is 0 Å². The molecule has 0 atom stereocenters. The van der Waals surface area contributed by atoms with Crippen LogP contribution in [0.2, 0.25) is 0 Å². The van der Waals surface area contributed by atoms with Crippen LogP contribution in [-0.2, 0) is 0 Å². The van der Waals surface area contributed by atoms with Crippen molar-refractivity contribution in [2.45, 2.75) is 0 Å². The summed E-state index contributed by atoms with van der Waals surface area (Å²) in [6, 6.07) is 10.1. The molecule has 2 heteroatoms. The lowest BCUT2D eigenvalue weighted by Gasteiger charge is -2.08. The Morgan fingerprint density at radius 1 is 1.33 bits per heavy atom. The van der Waals surface area contributed by atoms with Crippen LogP contribution in [0, 0.1) is 0 Å². The van der Waals surface area contributed by atoms with Crippen LogP contribution in [0.1, 0.15) is 5.56 Å². The van der Waals surface area contributed by atoms with E-state index in [1.807, 2.05) is 42.4 Å². The fourth-order valence-corrected chi connectivity index (χ4v) is 0.838. The van der Waals surface area contributed by atoms with Crippen molar-refractivity contribution in [2.75, 3.05) is 13.7 Å². The van der Waals surface area contributed by atoms with Gasteiger partial charge in [0.1, 0.15) is 0 Å². The molecule has 0 radical (unpaired) electrons. The lowest BCUT2D eigenvalue weighted by molar-refractivity contribution is 0.474. The van der Waals surface area contributed by atoms with E-state index in [1.54, 1.807) is 0 Å². The Kier molecular flexibility index (Phi) is 3.35. The largest absolute Gasteiger partial charge is 0.368 e. The van der Waals surface area contributed by atoms with Gasteiger partial charge in [0.15, 0.2) is 0 Å². The zero-order valence-corrected chi connectivity index (χ0v) is 7.27. The van der Waals surface area contributed by atoms with Gasteiger partial charge in [-0.15, -0.1) is 0 Å². The molecule has 0 aromatic heterocycles. The van der Waals surface area contributed by atoms with Crippen LogP contribution < -0.4 is 5.73 Å². The number of hydrogen-bond donors (Lipinski definition) is 1. The van der Waals surface area contributed by atoms with Gasteiger partial charge in [-0.3, -0.25) is 0 Å². The van der Waals surface area contributed by atoms with Crippen LogP contribution in [0.4, 0.5) is 0 Å². The first-order valence-corrected chi connectivity index (χ1v) is 3.96. The monoisotopic (exact) mass is 162 g/mol. The number of hydrogen-bond acceptors (Lipinski definition) is 2. The van der Waals surface area contributed by atoms with E-state index >= 15 is 0 Å². The van der Waals surface area contributed by atoms with E-state index in [-0.39, 0.29) is 0 Å². The molecule has 0 aliphatic heterocycles. The van der Waals surface area contributed by atoms with Crippen LogP contribution in [0.15, 0.2) is 36.5 Å². The van der Waals surface area contributed by atoms with Gasteiger partial charge in [-0.25, -0.2) is 0 Å². The molecule has 0 amide bonds. The zero-order valence-electron chi connectivity index (χ0n) is 7.27. The fraction of sp³-hybridized carbons (Fsp3) is 0.200. The minimum atomic E-state index is 0.545. The summed E-state index contributed by atoms with van der Waals surface area (Å²) >= 11 is 0. The highest BCUT2D eigenvalue weighted by molar-refractivity contribution is 5.48. The molecule has 0 saturated heterocycles. The maximum Gasteiger partial charge on any atom is 0.0648 e. The smallest absolute Gasteiger partial charge is 0.0648 e. The number of nitrogens with zero attached hydrogens (tertiary/aromatic N) is 1. The van der Waals surface area contributed by atoms with E-state index in [0.29, 0.717) is 6.67 Å². The zero-order chi connectivity index (χ0) is 8.81. The predicted molar refractivity (Wildman–Crippen MR) is 52.3 cm³/mol. The maximum absolute atomic E-state index is 5.41. The molecule has 0 fully saturated rings. The van der Waals surface area contributed by atoms with E-state index in [2.05, 4.69) is 12.1 Å². The summed E-state index contributed by atoms with van der Waals surface area (Å²) in [7, 11) is 1.94. The number of benzene rings is 1. The molecule has 0 heterocycles. The highest BCUT2D eigenvalue weighted by Crippen LogP contribution is 2.00. The highest BCUT2D eigenvalue weighted by Gasteiger charge is 1.84. The molecule has 64 valence electrons. The summed E-state index contributed by atoms with van der Waals surface area (Å²) < 4.78 is 0. The first-order valence-electron chi connectivity index (χ1n) is 3.96. The van der Waals surface area contributed by atoms with Gasteiger partial charge in [0, 0.05) is 13.2 Å². The summed E-state index contributed by atoms with van der Waals surface area (Å²) in [6.07, 6.45) is 4.00. The first-order chi connectivity index (χ1) is 5.83. The van der Waals surface area contributed by atoms with Gasteiger partial charge in [0.25, 0.3) is 0 Å². The third-order valence-electron chi connectivity index (χ3n) is 1.61. The van der Waals surface area contributed by atoms with Crippen molar-refractivity contribution in [3.63, 3.8) is 0 Å². The second kappa shape index (κ2) is 4.57. The average Bonchev–Trinajstić information content (AvgIpc) is 2.16. The quantitative estimate of drug-likeness (QED) is 0.682. The Hall–Kier alpha value is -1.28. The van der Waals surface area contributed by atoms with Crippen molar-refractivity contribution in [3.8, 4) is 0 Å². The summed E-state index contributed by atoms with van der Waals surface area (Å²) in [5, 5.41) is 0. The van der Waals surface area contributed by atoms with Crippen LogP contribution in [0.5, 0.6) is 0 Å². The van der Waals surface area contributed by atoms with E-state index in [9.17, 15) is 0 Å². The van der Waals surface area contributed by atoms with Crippen molar-refractivity contribution >= 4 is 6.08 Å². The van der Waals surface area contributed by atoms with E-state index in [1.165, 1.54) is 5.56 Å². The van der Waals surface area contributed by atoms with Gasteiger partial charge >= 0.3 is 0 Å². The summed E-state index contributed by atoms with van der Waals surface area (Å²) in [6.45, 7) is 0.545. The van der Waals surface area contributed by atoms with Gasteiger partial charge in [-0.05, 0) is 11.6 Å². The Bertz CT molecular complexity index is 241. The lowest BCUT2D eigenvalue weighted by Crippen LogP contribution is -2.19. The predicted octanol–water partition coefficient (Wildman–Crippen LogP) is 1.51. The summed E-state index contributed by atoms with van der Waals surface area (Å²) in [5.41, 5.74) is 6.60. The molecular weight excluding hydrogens is 148 g/mol. The van der Waals surface area contributed by atoms with Crippen molar-refractivity contribution in [2.24, 2.45) is 5.73 Å². The molecule has 1 aromatic carbocycles. The van der Waals surface area contributed by atoms with Crippen molar-refractivity contribution < 1.29 is 0 Å². The van der Waals surface area contributed by atoms with Crippen molar-refractivity contribution in [1.82, 2.24) is 4.90 Å². The average molecular weight is 162 g/mol. The molecule has 0 saturated carbocycles. The van der Waals surface area contributed by atoms with Gasteiger partial charge in [-0.1, -0.05) is 30.3 Å². The normalized spacial score (nSPS) is 10.5. The highest BCUT2D eigenvalue weighted by atomic mass is 15.1. The summed E-state index contributed by atoms with van der Waals surface area (Å²) in [5.74, 6) is 0. The molecule has 0 spiro atoms. The molecule has 0 aliphatic carbocycles. The van der Waals surface area contributed by atoms with Crippen LogP contribution in [-0.4, -0.2) is 18.6 Å². The van der Waals surface area contributed by atoms with Crippen LogP contribution >= 0.6 is 0 Å². The Morgan fingerprint density at radius 3 is 2.58 bits per heavy atom. The van der Waals surface area contributed by atoms with Crippen molar-refractivity contribution in [3.05, 3.63) is 42.1 Å². The lowest BCUT2D eigenvalue weighted by atomic mass is 10.2. The minimum absolute atomic E-state index is 0.545. The van der Waals surface area contributed by atoms with Gasteiger partial charge in [0.2, 0.25) is 0 Å². The van der Waals surface area contributed by atoms with Gasteiger partial charge in [0.05, 0.1) is 6.67 Å². The number of rotatable bonds is 3. The second-order valence-corrected chi connectivity index (χ2v) is 2.67. The maximum atomic E-state index is 5.41. The summed E-state index contributed by atoms with van der Waals surface area (Å²) in [4.78, 5) is 1.92. The molecule has 2 N–H and O–H groups in total. The Labute approximate surface area is 73.3 Å². The second-order valence-electron chi connectivity index (χ2n) is 2.67. The Balaban J connectivity index is 2.58. The van der Waals surface area contributed by atoms with E-state index in [0.717, 1.165) is 0 Å². The molecule has 1 rings (SSSR count). The SMILES string of the molecule is CN(/C=C/c1ccccc1)CN. The first kappa shape index (κ1) is 8.81. The third-order valence-corrected chi connectivity index (χ3v) is 1.61. The standard InChI is InChI=1S/C10H14N2/c1-12(9-11)8-7-10-5-3-2-4-6-10/h2-8H,9,11H2,1H3/b8-7+. The minimum Gasteiger partial charge on any atom is -0.368 e. The third kappa shape index (κ3) is 2.76. The Morgan fingerprint density at radius 2 is 2.00 bits per heavy atom.